The van der Waals surface area contributed by atoms with E-state index in [-0.39, 0.29) is 0 Å². The second-order valence-electron chi connectivity index (χ2n) is 7.70. The minimum atomic E-state index is 0.549. The summed E-state index contributed by atoms with van der Waals surface area (Å²) in [6, 6.07) is 10.4. The molecule has 1 N–H and O–H groups in total. The van der Waals surface area contributed by atoms with Gasteiger partial charge in [0.1, 0.15) is 0 Å². The molecular formula is C23H35N5O. The van der Waals surface area contributed by atoms with Gasteiger partial charge in [-0.05, 0) is 24.8 Å². The van der Waals surface area contributed by atoms with Crippen LogP contribution in [0, 0.1) is 5.92 Å². The highest BCUT2D eigenvalue weighted by atomic mass is 16.5. The van der Waals surface area contributed by atoms with E-state index in [0.717, 1.165) is 51.5 Å². The molecule has 6 heteroatoms. The van der Waals surface area contributed by atoms with Gasteiger partial charge in [-0.2, -0.15) is 5.10 Å². The maximum atomic E-state index is 5.96. The van der Waals surface area contributed by atoms with Crippen LogP contribution in [0.25, 0.3) is 0 Å². The summed E-state index contributed by atoms with van der Waals surface area (Å²) < 4.78 is 7.98. The molecule has 1 saturated heterocycles. The molecule has 0 saturated carbocycles. The molecule has 1 fully saturated rings. The first-order valence-electron chi connectivity index (χ1n) is 10.8. The van der Waals surface area contributed by atoms with E-state index in [1.165, 1.54) is 22.5 Å². The molecule has 1 aromatic heterocycles. The van der Waals surface area contributed by atoms with Crippen LogP contribution in [0.4, 0.5) is 0 Å². The van der Waals surface area contributed by atoms with Gasteiger partial charge < -0.3 is 15.0 Å². The van der Waals surface area contributed by atoms with Crippen LogP contribution < -0.4 is 5.32 Å². The number of aryl methyl sites for hydroxylation is 2. The van der Waals surface area contributed by atoms with Crippen LogP contribution in [0.15, 0.2) is 35.3 Å². The Balaban J connectivity index is 1.50. The number of hydrogen-bond acceptors (Lipinski definition) is 3. The Bertz CT molecular complexity index is 799. The minimum absolute atomic E-state index is 0.549. The third kappa shape index (κ3) is 5.38. The molecule has 29 heavy (non-hydrogen) atoms. The molecule has 1 aliphatic heterocycles. The van der Waals surface area contributed by atoms with Gasteiger partial charge in [0.2, 0.25) is 0 Å². The fourth-order valence-corrected chi connectivity index (χ4v) is 4.17. The first-order valence-corrected chi connectivity index (χ1v) is 10.8. The van der Waals surface area contributed by atoms with Crippen LogP contribution in [0.3, 0.4) is 0 Å². The summed E-state index contributed by atoms with van der Waals surface area (Å²) in [5.74, 6) is 1.52. The van der Waals surface area contributed by atoms with Gasteiger partial charge in [-0.3, -0.25) is 9.67 Å². The molecular weight excluding hydrogens is 362 g/mol. The van der Waals surface area contributed by atoms with Gasteiger partial charge in [-0.15, -0.1) is 0 Å². The van der Waals surface area contributed by atoms with Crippen molar-refractivity contribution in [3.05, 3.63) is 52.8 Å². The lowest BCUT2D eigenvalue weighted by Gasteiger charge is -2.22. The Morgan fingerprint density at radius 2 is 2.03 bits per heavy atom. The smallest absolute Gasteiger partial charge is 0.193 e. The number of aliphatic imine (C=N–C) groups is 1. The van der Waals surface area contributed by atoms with Gasteiger partial charge >= 0.3 is 0 Å². The molecule has 3 rings (SSSR count). The van der Waals surface area contributed by atoms with Crippen LogP contribution >= 0.6 is 0 Å². The number of guanidine groups is 1. The number of aromatic nitrogens is 2. The van der Waals surface area contributed by atoms with Crippen LogP contribution in [0.2, 0.25) is 0 Å². The summed E-state index contributed by atoms with van der Waals surface area (Å²) in [5, 5.41) is 8.25. The lowest BCUT2D eigenvalue weighted by atomic mass is 10.1. The second-order valence-corrected chi connectivity index (χ2v) is 7.70. The molecule has 1 atom stereocenters. The molecule has 0 bridgehead atoms. The number of hydrogen-bond donors (Lipinski definition) is 1. The van der Waals surface area contributed by atoms with Gasteiger partial charge in [0.25, 0.3) is 0 Å². The fraction of sp³-hybridized carbons (Fsp3) is 0.565. The van der Waals surface area contributed by atoms with Gasteiger partial charge in [0.05, 0.1) is 18.9 Å². The number of benzene rings is 1. The van der Waals surface area contributed by atoms with E-state index >= 15 is 0 Å². The van der Waals surface area contributed by atoms with Crippen LogP contribution in [-0.4, -0.2) is 47.4 Å². The summed E-state index contributed by atoms with van der Waals surface area (Å²) in [6.07, 6.45) is 3.08. The third-order valence-corrected chi connectivity index (χ3v) is 5.71. The van der Waals surface area contributed by atoms with Crippen molar-refractivity contribution in [1.29, 1.82) is 0 Å². The van der Waals surface area contributed by atoms with Crippen molar-refractivity contribution in [2.75, 3.05) is 26.7 Å². The van der Waals surface area contributed by atoms with Gasteiger partial charge in [0.15, 0.2) is 5.96 Å². The largest absolute Gasteiger partial charge is 0.376 e. The Morgan fingerprint density at radius 1 is 1.24 bits per heavy atom. The van der Waals surface area contributed by atoms with Crippen LogP contribution in [0.1, 0.15) is 42.8 Å². The Labute approximate surface area is 175 Å². The average molecular weight is 398 g/mol. The van der Waals surface area contributed by atoms with Gasteiger partial charge in [0, 0.05) is 50.9 Å². The average Bonchev–Trinajstić information content (AvgIpc) is 3.33. The van der Waals surface area contributed by atoms with E-state index in [4.69, 9.17) is 4.74 Å². The van der Waals surface area contributed by atoms with Gasteiger partial charge in [-0.25, -0.2) is 0 Å². The molecule has 158 valence electrons. The lowest BCUT2D eigenvalue weighted by Crippen LogP contribution is -2.40. The standard InChI is InChI=1S/C23H35N5O/c1-5-21-20(22(6-2)27(4)26-21)14-25-23(24-3)28-13-12-19(15-28)17-29-16-18-10-8-7-9-11-18/h7-11,19H,5-6,12-17H2,1-4H3,(H,24,25). The zero-order valence-corrected chi connectivity index (χ0v) is 18.3. The normalized spacial score (nSPS) is 17.2. The van der Waals surface area contributed by atoms with Crippen molar-refractivity contribution >= 4 is 5.96 Å². The van der Waals surface area contributed by atoms with Crippen LogP contribution in [-0.2, 0) is 37.8 Å². The molecule has 1 aromatic carbocycles. The lowest BCUT2D eigenvalue weighted by molar-refractivity contribution is 0.0906. The maximum absolute atomic E-state index is 5.96. The quantitative estimate of drug-likeness (QED) is 0.549. The predicted molar refractivity (Wildman–Crippen MR) is 118 cm³/mol. The molecule has 1 aliphatic rings. The van der Waals surface area contributed by atoms with E-state index in [1.807, 2.05) is 24.8 Å². The van der Waals surface area contributed by atoms with Gasteiger partial charge in [-0.1, -0.05) is 44.2 Å². The summed E-state index contributed by atoms with van der Waals surface area (Å²) in [5.41, 5.74) is 5.04. The molecule has 0 aliphatic carbocycles. The summed E-state index contributed by atoms with van der Waals surface area (Å²) in [7, 11) is 3.91. The predicted octanol–water partition coefficient (Wildman–Crippen LogP) is 3.16. The Morgan fingerprint density at radius 3 is 2.72 bits per heavy atom. The van der Waals surface area contributed by atoms with E-state index in [1.54, 1.807) is 0 Å². The minimum Gasteiger partial charge on any atom is -0.376 e. The zero-order chi connectivity index (χ0) is 20.6. The maximum Gasteiger partial charge on any atom is 0.193 e. The van der Waals surface area contributed by atoms with Crippen molar-refractivity contribution in [2.24, 2.45) is 18.0 Å². The number of nitrogens with zero attached hydrogens (tertiary/aromatic N) is 4. The highest BCUT2D eigenvalue weighted by Gasteiger charge is 2.25. The first kappa shape index (κ1) is 21.4. The molecule has 1 unspecified atom stereocenters. The molecule has 2 heterocycles. The van der Waals surface area contributed by atoms with Crippen molar-refractivity contribution in [3.63, 3.8) is 0 Å². The number of ether oxygens (including phenoxy) is 1. The molecule has 0 spiro atoms. The molecule has 0 radical (unpaired) electrons. The SMILES string of the molecule is CCc1nn(C)c(CC)c1CNC(=NC)N1CCC(COCc2ccccc2)C1. The van der Waals surface area contributed by atoms with Crippen LogP contribution in [0.5, 0.6) is 0 Å². The second kappa shape index (κ2) is 10.4. The monoisotopic (exact) mass is 397 g/mol. The molecule has 2 aromatic rings. The van der Waals surface area contributed by atoms with Crippen molar-refractivity contribution in [2.45, 2.75) is 46.3 Å². The topological polar surface area (TPSA) is 54.7 Å². The number of nitrogens with one attached hydrogen (secondary N) is 1. The van der Waals surface area contributed by atoms with E-state index in [0.29, 0.717) is 12.5 Å². The Hall–Kier alpha value is -2.34. The highest BCUT2D eigenvalue weighted by molar-refractivity contribution is 5.80. The first-order chi connectivity index (χ1) is 14.2. The number of rotatable bonds is 8. The van der Waals surface area contributed by atoms with E-state index < -0.39 is 0 Å². The Kier molecular flexibility index (Phi) is 7.69. The van der Waals surface area contributed by atoms with E-state index in [2.05, 4.69) is 58.4 Å². The summed E-state index contributed by atoms with van der Waals surface area (Å²) in [4.78, 5) is 6.88. The molecule has 0 amide bonds. The fourth-order valence-electron chi connectivity index (χ4n) is 4.17. The third-order valence-electron chi connectivity index (χ3n) is 5.71. The van der Waals surface area contributed by atoms with Crippen molar-refractivity contribution in [3.8, 4) is 0 Å². The zero-order valence-electron chi connectivity index (χ0n) is 18.3. The number of likely N-dealkylation sites (tertiary alicyclic amines) is 1. The summed E-state index contributed by atoms with van der Waals surface area (Å²) >= 11 is 0. The van der Waals surface area contributed by atoms with Crippen molar-refractivity contribution < 1.29 is 4.74 Å². The molecule has 6 nitrogen and oxygen atoms in total. The van der Waals surface area contributed by atoms with E-state index in [9.17, 15) is 0 Å². The van der Waals surface area contributed by atoms with Crippen molar-refractivity contribution in [1.82, 2.24) is 20.0 Å². The summed E-state index contributed by atoms with van der Waals surface area (Å²) in [6.45, 7) is 8.63. The highest BCUT2D eigenvalue weighted by Crippen LogP contribution is 2.19.